The molecule has 0 fully saturated rings. The van der Waals surface area contributed by atoms with Crippen molar-refractivity contribution >= 4 is 28.1 Å². The van der Waals surface area contributed by atoms with Crippen molar-refractivity contribution in [1.29, 1.82) is 0 Å². The van der Waals surface area contributed by atoms with Gasteiger partial charge >= 0.3 is 0 Å². The van der Waals surface area contributed by atoms with Gasteiger partial charge in [-0.1, -0.05) is 13.8 Å². The van der Waals surface area contributed by atoms with Gasteiger partial charge in [0.1, 0.15) is 5.82 Å². The van der Waals surface area contributed by atoms with Crippen molar-refractivity contribution in [2.75, 3.05) is 5.73 Å². The van der Waals surface area contributed by atoms with Gasteiger partial charge < -0.3 is 10.3 Å². The van der Waals surface area contributed by atoms with Crippen molar-refractivity contribution < 1.29 is 0 Å². The van der Waals surface area contributed by atoms with Crippen LogP contribution in [0.5, 0.6) is 0 Å². The molecule has 0 saturated carbocycles. The highest BCUT2D eigenvalue weighted by Crippen LogP contribution is 2.25. The van der Waals surface area contributed by atoms with E-state index in [0.717, 1.165) is 42.8 Å². The van der Waals surface area contributed by atoms with Crippen LogP contribution < -0.4 is 5.73 Å². The lowest BCUT2D eigenvalue weighted by Crippen LogP contribution is -2.05. The van der Waals surface area contributed by atoms with Crippen molar-refractivity contribution in [3.8, 4) is 0 Å². The van der Waals surface area contributed by atoms with Crippen molar-refractivity contribution in [2.45, 2.75) is 39.7 Å². The van der Waals surface area contributed by atoms with E-state index in [1.165, 1.54) is 16.0 Å². The summed E-state index contributed by atoms with van der Waals surface area (Å²) in [5.74, 6) is 1.16. The molecule has 1 aromatic carbocycles. The van der Waals surface area contributed by atoms with Gasteiger partial charge in [-0.3, -0.25) is 0 Å². The number of fused-ring (bicyclic) bond motifs is 1. The molecule has 2 N–H and O–H groups in total. The summed E-state index contributed by atoms with van der Waals surface area (Å²) >= 11 is 1.84. The van der Waals surface area contributed by atoms with E-state index in [1.54, 1.807) is 0 Å². The zero-order valence-corrected chi connectivity index (χ0v) is 13.4. The summed E-state index contributed by atoms with van der Waals surface area (Å²) in [5, 5.41) is 2.19. The molecule has 2 heterocycles. The Morgan fingerprint density at radius 2 is 2.10 bits per heavy atom. The number of anilines is 1. The molecule has 0 aliphatic heterocycles. The van der Waals surface area contributed by atoms with Gasteiger partial charge in [-0.05, 0) is 48.1 Å². The SMILES string of the molecule is CCCc1nc2cc(N)ccc2n1Cc1sccc1CC. The average Bonchev–Trinajstić information content (AvgIpc) is 3.04. The molecule has 0 aliphatic carbocycles. The first-order valence-electron chi connectivity index (χ1n) is 7.52. The molecule has 21 heavy (non-hydrogen) atoms. The Balaban J connectivity index is 2.08. The summed E-state index contributed by atoms with van der Waals surface area (Å²) in [6.45, 7) is 5.32. The second-order valence-electron chi connectivity index (χ2n) is 5.33. The molecule has 0 spiro atoms. The number of imidazole rings is 1. The largest absolute Gasteiger partial charge is 0.399 e. The maximum absolute atomic E-state index is 5.89. The smallest absolute Gasteiger partial charge is 0.110 e. The quantitative estimate of drug-likeness (QED) is 0.716. The van der Waals surface area contributed by atoms with E-state index in [-0.39, 0.29) is 0 Å². The predicted molar refractivity (Wildman–Crippen MR) is 90.9 cm³/mol. The van der Waals surface area contributed by atoms with Gasteiger partial charge in [-0.2, -0.15) is 0 Å². The predicted octanol–water partition coefficient (Wildman–Crippen LogP) is 4.24. The topological polar surface area (TPSA) is 43.8 Å². The van der Waals surface area contributed by atoms with Gasteiger partial charge in [0.25, 0.3) is 0 Å². The highest BCUT2D eigenvalue weighted by Gasteiger charge is 2.12. The number of nitrogens with zero attached hydrogens (tertiary/aromatic N) is 2. The number of thiophene rings is 1. The fraction of sp³-hybridized carbons (Fsp3) is 0.353. The number of benzene rings is 1. The molecule has 2 aromatic heterocycles. The molecule has 0 radical (unpaired) electrons. The van der Waals surface area contributed by atoms with Gasteiger partial charge in [-0.15, -0.1) is 11.3 Å². The molecule has 0 atom stereocenters. The third kappa shape index (κ3) is 2.68. The number of nitrogen functional groups attached to an aromatic ring is 1. The molecular weight excluding hydrogens is 278 g/mol. The van der Waals surface area contributed by atoms with E-state index in [4.69, 9.17) is 10.7 Å². The van der Waals surface area contributed by atoms with Gasteiger partial charge in [0, 0.05) is 17.0 Å². The monoisotopic (exact) mass is 299 g/mol. The van der Waals surface area contributed by atoms with E-state index in [0.29, 0.717) is 0 Å². The summed E-state index contributed by atoms with van der Waals surface area (Å²) in [4.78, 5) is 6.22. The van der Waals surface area contributed by atoms with Gasteiger partial charge in [-0.25, -0.2) is 4.98 Å². The Labute approximate surface area is 129 Å². The first-order chi connectivity index (χ1) is 10.2. The normalized spacial score (nSPS) is 11.3. The van der Waals surface area contributed by atoms with Crippen LogP contribution in [0.4, 0.5) is 5.69 Å². The summed E-state index contributed by atoms with van der Waals surface area (Å²) in [6, 6.07) is 8.26. The average molecular weight is 299 g/mol. The molecule has 3 rings (SSSR count). The van der Waals surface area contributed by atoms with Crippen molar-refractivity contribution in [3.63, 3.8) is 0 Å². The van der Waals surface area contributed by atoms with Crippen LogP contribution in [0.15, 0.2) is 29.6 Å². The standard InChI is InChI=1S/C17H21N3S/c1-3-5-17-19-14-10-13(18)6-7-15(14)20(17)11-16-12(4-2)8-9-21-16/h6-10H,3-5,11,18H2,1-2H3. The van der Waals surface area contributed by atoms with Crippen LogP contribution in [0.1, 0.15) is 36.5 Å². The van der Waals surface area contributed by atoms with Crippen LogP contribution in [0, 0.1) is 0 Å². The molecule has 3 nitrogen and oxygen atoms in total. The summed E-state index contributed by atoms with van der Waals surface area (Å²) in [5.41, 5.74) is 10.3. The first-order valence-corrected chi connectivity index (χ1v) is 8.40. The summed E-state index contributed by atoms with van der Waals surface area (Å²) in [6.07, 6.45) is 3.19. The Morgan fingerprint density at radius 1 is 1.24 bits per heavy atom. The molecule has 0 aliphatic rings. The van der Waals surface area contributed by atoms with E-state index < -0.39 is 0 Å². The minimum atomic E-state index is 0.778. The molecule has 0 bridgehead atoms. The molecule has 110 valence electrons. The van der Waals surface area contributed by atoms with E-state index in [1.807, 2.05) is 23.5 Å². The lowest BCUT2D eigenvalue weighted by molar-refractivity contribution is 0.724. The third-order valence-electron chi connectivity index (χ3n) is 3.85. The Hall–Kier alpha value is -1.81. The number of hydrogen-bond donors (Lipinski definition) is 1. The van der Waals surface area contributed by atoms with Crippen LogP contribution in [0.25, 0.3) is 11.0 Å². The maximum Gasteiger partial charge on any atom is 0.110 e. The second-order valence-corrected chi connectivity index (χ2v) is 6.34. The third-order valence-corrected chi connectivity index (χ3v) is 4.79. The lowest BCUT2D eigenvalue weighted by atomic mass is 10.2. The van der Waals surface area contributed by atoms with Crippen molar-refractivity contribution in [1.82, 2.24) is 9.55 Å². The van der Waals surface area contributed by atoms with Crippen LogP contribution >= 0.6 is 11.3 Å². The number of aryl methyl sites for hydroxylation is 2. The second kappa shape index (κ2) is 5.90. The van der Waals surface area contributed by atoms with Crippen molar-refractivity contribution in [2.24, 2.45) is 0 Å². The van der Waals surface area contributed by atoms with Crippen LogP contribution in [0.2, 0.25) is 0 Å². The molecule has 0 saturated heterocycles. The van der Waals surface area contributed by atoms with Gasteiger partial charge in [0.15, 0.2) is 0 Å². The molecule has 3 aromatic rings. The lowest BCUT2D eigenvalue weighted by Gasteiger charge is -2.09. The fourth-order valence-electron chi connectivity index (χ4n) is 2.75. The minimum absolute atomic E-state index is 0.778. The van der Waals surface area contributed by atoms with E-state index >= 15 is 0 Å². The molecule has 0 unspecified atom stereocenters. The van der Waals surface area contributed by atoms with E-state index in [9.17, 15) is 0 Å². The number of aromatic nitrogens is 2. The molecular formula is C17H21N3S. The van der Waals surface area contributed by atoms with Crippen LogP contribution in [-0.4, -0.2) is 9.55 Å². The van der Waals surface area contributed by atoms with Crippen LogP contribution in [0.3, 0.4) is 0 Å². The van der Waals surface area contributed by atoms with Gasteiger partial charge in [0.2, 0.25) is 0 Å². The van der Waals surface area contributed by atoms with E-state index in [2.05, 4.69) is 35.9 Å². The van der Waals surface area contributed by atoms with Gasteiger partial charge in [0.05, 0.1) is 17.6 Å². The Bertz CT molecular complexity index is 755. The number of rotatable bonds is 5. The maximum atomic E-state index is 5.89. The van der Waals surface area contributed by atoms with Crippen molar-refractivity contribution in [3.05, 3.63) is 45.9 Å². The molecule has 0 amide bonds. The minimum Gasteiger partial charge on any atom is -0.399 e. The van der Waals surface area contributed by atoms with Crippen LogP contribution in [-0.2, 0) is 19.4 Å². The molecule has 4 heteroatoms. The highest BCUT2D eigenvalue weighted by molar-refractivity contribution is 7.10. The summed E-state index contributed by atoms with van der Waals surface area (Å²) < 4.78 is 2.35. The highest BCUT2D eigenvalue weighted by atomic mass is 32.1. The number of hydrogen-bond acceptors (Lipinski definition) is 3. The number of nitrogens with two attached hydrogens (primary N) is 1. The zero-order valence-electron chi connectivity index (χ0n) is 12.6. The first kappa shape index (κ1) is 14.1. The fourth-order valence-corrected chi connectivity index (χ4v) is 3.72. The summed E-state index contributed by atoms with van der Waals surface area (Å²) in [7, 11) is 0. The Kier molecular flexibility index (Phi) is 3.97. The zero-order chi connectivity index (χ0) is 14.8. The Morgan fingerprint density at radius 3 is 2.86 bits per heavy atom.